The SMILES string of the molecule is NC(=NOC(=O)c1cc(I)c[nH]1)[C@H]1CC[C@H]2CCc3cc(F)ccc3C(=O)N2C1. The number of carbonyl (C=O) groups excluding carboxylic acids is 2. The van der Waals surface area contributed by atoms with Gasteiger partial charge in [-0.3, -0.25) is 4.79 Å². The van der Waals surface area contributed by atoms with Gasteiger partial charge in [0.1, 0.15) is 17.3 Å². The number of nitrogens with zero attached hydrogens (tertiary/aromatic N) is 2. The van der Waals surface area contributed by atoms with Crippen molar-refractivity contribution in [3.05, 3.63) is 56.7 Å². The van der Waals surface area contributed by atoms with Crippen molar-refractivity contribution in [3.63, 3.8) is 0 Å². The van der Waals surface area contributed by atoms with Crippen molar-refractivity contribution in [1.82, 2.24) is 9.88 Å². The van der Waals surface area contributed by atoms with Gasteiger partial charge in [-0.2, -0.15) is 0 Å². The first-order chi connectivity index (χ1) is 13.9. The molecule has 0 aliphatic carbocycles. The first-order valence-corrected chi connectivity index (χ1v) is 10.5. The van der Waals surface area contributed by atoms with E-state index in [1.807, 2.05) is 0 Å². The van der Waals surface area contributed by atoms with E-state index in [1.54, 1.807) is 23.2 Å². The van der Waals surface area contributed by atoms with Crippen LogP contribution >= 0.6 is 22.6 Å². The third kappa shape index (κ3) is 4.14. The van der Waals surface area contributed by atoms with Crippen LogP contribution in [0.1, 0.15) is 45.7 Å². The van der Waals surface area contributed by atoms with E-state index in [4.69, 9.17) is 10.6 Å². The highest BCUT2D eigenvalue weighted by Crippen LogP contribution is 2.31. The molecule has 0 saturated carbocycles. The van der Waals surface area contributed by atoms with Gasteiger partial charge in [-0.15, -0.1) is 0 Å². The zero-order valence-corrected chi connectivity index (χ0v) is 17.7. The summed E-state index contributed by atoms with van der Waals surface area (Å²) in [6.45, 7) is 0.396. The van der Waals surface area contributed by atoms with E-state index >= 15 is 0 Å². The van der Waals surface area contributed by atoms with E-state index in [1.165, 1.54) is 12.1 Å². The summed E-state index contributed by atoms with van der Waals surface area (Å²) in [7, 11) is 0. The fourth-order valence-corrected chi connectivity index (χ4v) is 4.44. The Morgan fingerprint density at radius 2 is 2.14 bits per heavy atom. The first-order valence-electron chi connectivity index (χ1n) is 9.40. The molecule has 4 rings (SSSR count). The lowest BCUT2D eigenvalue weighted by Crippen LogP contribution is -2.49. The van der Waals surface area contributed by atoms with Gasteiger partial charge in [-0.1, -0.05) is 5.16 Å². The minimum absolute atomic E-state index is 0.0885. The van der Waals surface area contributed by atoms with Crippen molar-refractivity contribution >= 4 is 40.3 Å². The molecule has 9 heteroatoms. The summed E-state index contributed by atoms with van der Waals surface area (Å²) in [5.41, 5.74) is 7.65. The molecule has 7 nitrogen and oxygen atoms in total. The molecule has 29 heavy (non-hydrogen) atoms. The van der Waals surface area contributed by atoms with Crippen LogP contribution < -0.4 is 5.73 Å². The lowest BCUT2D eigenvalue weighted by atomic mass is 9.90. The Hall–Kier alpha value is -2.43. The number of hydrogen-bond donors (Lipinski definition) is 2. The van der Waals surface area contributed by atoms with Gasteiger partial charge in [0.15, 0.2) is 0 Å². The number of aromatic amines is 1. The largest absolute Gasteiger partial charge is 0.384 e. The summed E-state index contributed by atoms with van der Waals surface area (Å²) in [6, 6.07) is 6.05. The van der Waals surface area contributed by atoms with Crippen LogP contribution in [0.5, 0.6) is 0 Å². The number of fused-ring (bicyclic) bond motifs is 2. The molecule has 1 aromatic carbocycles. The van der Waals surface area contributed by atoms with Crippen LogP contribution in [0.4, 0.5) is 4.39 Å². The van der Waals surface area contributed by atoms with Gasteiger partial charge < -0.3 is 20.5 Å². The lowest BCUT2D eigenvalue weighted by molar-refractivity contribution is 0.0490. The van der Waals surface area contributed by atoms with Crippen LogP contribution in [0, 0.1) is 15.3 Å². The summed E-state index contributed by atoms with van der Waals surface area (Å²) in [6.07, 6.45) is 4.64. The Kier molecular flexibility index (Phi) is 5.57. The van der Waals surface area contributed by atoms with Crippen LogP contribution in [-0.4, -0.2) is 40.2 Å². The van der Waals surface area contributed by atoms with Gasteiger partial charge in [0.05, 0.1) is 0 Å². The summed E-state index contributed by atoms with van der Waals surface area (Å²) in [5.74, 6) is -1.07. The average molecular weight is 510 g/mol. The van der Waals surface area contributed by atoms with E-state index in [-0.39, 0.29) is 29.5 Å². The zero-order chi connectivity index (χ0) is 20.5. The number of aromatic nitrogens is 1. The van der Waals surface area contributed by atoms with Crippen molar-refractivity contribution in [2.75, 3.05) is 6.54 Å². The van der Waals surface area contributed by atoms with Gasteiger partial charge >= 0.3 is 5.97 Å². The molecule has 1 saturated heterocycles. The molecule has 2 aliphatic heterocycles. The molecule has 0 bridgehead atoms. The number of carbonyl (C=O) groups is 2. The van der Waals surface area contributed by atoms with Crippen molar-refractivity contribution in [2.45, 2.75) is 31.7 Å². The summed E-state index contributed by atoms with van der Waals surface area (Å²) in [5, 5.41) is 3.81. The number of rotatable bonds is 3. The van der Waals surface area contributed by atoms with Crippen LogP contribution in [-0.2, 0) is 11.3 Å². The van der Waals surface area contributed by atoms with Crippen LogP contribution in [0.3, 0.4) is 0 Å². The number of aryl methyl sites for hydroxylation is 1. The number of halogens is 2. The molecule has 1 aromatic heterocycles. The fraction of sp³-hybridized carbons (Fsp3) is 0.350. The molecular formula is C20H20FIN4O3. The number of nitrogens with one attached hydrogen (secondary N) is 1. The second-order valence-electron chi connectivity index (χ2n) is 7.35. The van der Waals surface area contributed by atoms with Crippen LogP contribution in [0.25, 0.3) is 0 Å². The van der Waals surface area contributed by atoms with E-state index in [9.17, 15) is 14.0 Å². The topological polar surface area (TPSA) is 101 Å². The predicted molar refractivity (Wildman–Crippen MR) is 113 cm³/mol. The van der Waals surface area contributed by atoms with Gasteiger partial charge in [0, 0.05) is 33.8 Å². The number of H-pyrrole nitrogens is 1. The van der Waals surface area contributed by atoms with E-state index in [0.29, 0.717) is 24.2 Å². The Morgan fingerprint density at radius 3 is 2.90 bits per heavy atom. The number of amides is 1. The van der Waals surface area contributed by atoms with Crippen molar-refractivity contribution < 1.29 is 18.8 Å². The van der Waals surface area contributed by atoms with E-state index in [2.05, 4.69) is 32.7 Å². The maximum absolute atomic E-state index is 13.6. The van der Waals surface area contributed by atoms with Gasteiger partial charge in [0.2, 0.25) is 0 Å². The number of amidine groups is 1. The lowest BCUT2D eigenvalue weighted by Gasteiger charge is -2.38. The molecule has 0 radical (unpaired) electrons. The van der Waals surface area contributed by atoms with Crippen LogP contribution in [0.15, 0.2) is 35.6 Å². The van der Waals surface area contributed by atoms with Gasteiger partial charge in [-0.25, -0.2) is 9.18 Å². The van der Waals surface area contributed by atoms with E-state index < -0.39 is 5.97 Å². The van der Waals surface area contributed by atoms with E-state index in [0.717, 1.165) is 28.4 Å². The first kappa shape index (κ1) is 19.9. The van der Waals surface area contributed by atoms with Crippen molar-refractivity contribution in [2.24, 2.45) is 16.8 Å². The molecule has 0 spiro atoms. The number of piperidine rings is 1. The number of oxime groups is 1. The molecular weight excluding hydrogens is 490 g/mol. The van der Waals surface area contributed by atoms with Gasteiger partial charge in [-0.05, 0) is 78.1 Å². The minimum atomic E-state index is -0.619. The second kappa shape index (κ2) is 8.13. The zero-order valence-electron chi connectivity index (χ0n) is 15.5. The maximum atomic E-state index is 13.6. The average Bonchev–Trinajstić information content (AvgIpc) is 3.10. The molecule has 2 aromatic rings. The van der Waals surface area contributed by atoms with Crippen molar-refractivity contribution in [1.29, 1.82) is 0 Å². The molecule has 3 heterocycles. The maximum Gasteiger partial charge on any atom is 0.381 e. The Labute approximate surface area is 180 Å². The minimum Gasteiger partial charge on any atom is -0.384 e. The van der Waals surface area contributed by atoms with Crippen molar-refractivity contribution in [3.8, 4) is 0 Å². The third-order valence-electron chi connectivity index (χ3n) is 5.53. The highest BCUT2D eigenvalue weighted by Gasteiger charge is 2.36. The molecule has 1 amide bonds. The fourth-order valence-electron chi connectivity index (χ4n) is 3.98. The number of hydrogen-bond acceptors (Lipinski definition) is 4. The van der Waals surface area contributed by atoms with Gasteiger partial charge in [0.25, 0.3) is 5.91 Å². The molecule has 3 N–H and O–H groups in total. The molecule has 0 unspecified atom stereocenters. The number of benzene rings is 1. The Bertz CT molecular complexity index is 990. The highest BCUT2D eigenvalue weighted by molar-refractivity contribution is 14.1. The summed E-state index contributed by atoms with van der Waals surface area (Å²) >= 11 is 2.08. The molecule has 152 valence electrons. The quantitative estimate of drug-likeness (QED) is 0.218. The predicted octanol–water partition coefficient (Wildman–Crippen LogP) is 3.05. The van der Waals surface area contributed by atoms with Crippen LogP contribution in [0.2, 0.25) is 0 Å². The monoisotopic (exact) mass is 510 g/mol. The smallest absolute Gasteiger partial charge is 0.381 e. The summed E-state index contributed by atoms with van der Waals surface area (Å²) in [4.78, 5) is 34.6. The third-order valence-corrected chi connectivity index (χ3v) is 6.15. The Balaban J connectivity index is 1.47. The Morgan fingerprint density at radius 1 is 1.31 bits per heavy atom. The molecule has 2 atom stereocenters. The molecule has 2 aliphatic rings. The standard InChI is InChI=1S/C20H20FIN4O3/c21-13-3-6-16-11(7-13)1-4-15-5-2-12(10-26(15)19(16)27)18(23)25-29-20(28)17-8-14(22)9-24-17/h3,6-9,12,15,24H,1-2,4-5,10H2,(H2,23,25)/t12-,15+/m0/s1. The number of nitrogens with two attached hydrogens (primary N) is 1. The summed E-state index contributed by atoms with van der Waals surface area (Å²) < 4.78 is 14.4. The highest BCUT2D eigenvalue weighted by atomic mass is 127. The second-order valence-corrected chi connectivity index (χ2v) is 8.60. The normalized spacial score (nSPS) is 21.9. The molecule has 1 fully saturated rings.